The molecule has 0 aliphatic carbocycles. The van der Waals surface area contributed by atoms with Crippen LogP contribution in [0.15, 0.2) is 24.5 Å². The van der Waals surface area contributed by atoms with Crippen molar-refractivity contribution in [2.24, 2.45) is 0 Å². The second-order valence-corrected chi connectivity index (χ2v) is 4.99. The van der Waals surface area contributed by atoms with E-state index < -0.39 is 6.04 Å². The molecule has 2 unspecified atom stereocenters. The third-order valence-electron chi connectivity index (χ3n) is 3.71. The van der Waals surface area contributed by atoms with Gasteiger partial charge in [-0.25, -0.2) is 0 Å². The molecule has 2 atom stereocenters. The summed E-state index contributed by atoms with van der Waals surface area (Å²) < 4.78 is 0. The summed E-state index contributed by atoms with van der Waals surface area (Å²) in [6.45, 7) is 1.60. The molecule has 6 heteroatoms. The largest absolute Gasteiger partial charge is 0.342 e. The van der Waals surface area contributed by atoms with Gasteiger partial charge in [0.2, 0.25) is 11.8 Å². The number of aromatic nitrogens is 1. The third-order valence-corrected chi connectivity index (χ3v) is 3.71. The van der Waals surface area contributed by atoms with Gasteiger partial charge in [-0.1, -0.05) is 6.07 Å². The van der Waals surface area contributed by atoms with Crippen molar-refractivity contribution in [3.8, 4) is 0 Å². The van der Waals surface area contributed by atoms with Gasteiger partial charge in [0.05, 0.1) is 12.6 Å². The van der Waals surface area contributed by atoms with Gasteiger partial charge in [0, 0.05) is 38.1 Å². The molecular weight excluding hydrogens is 244 g/mol. The monoisotopic (exact) mass is 260 g/mol. The highest BCUT2D eigenvalue weighted by molar-refractivity contribution is 5.91. The zero-order valence-electron chi connectivity index (χ0n) is 10.7. The van der Waals surface area contributed by atoms with E-state index in [2.05, 4.69) is 10.3 Å². The Morgan fingerprint density at radius 3 is 3.00 bits per heavy atom. The van der Waals surface area contributed by atoms with Crippen LogP contribution >= 0.6 is 0 Å². The molecule has 0 aromatic carbocycles. The Balaban J connectivity index is 2.01. The van der Waals surface area contributed by atoms with Crippen LogP contribution in [0.2, 0.25) is 0 Å². The summed E-state index contributed by atoms with van der Waals surface area (Å²) in [5.41, 5.74) is 0.777. The number of nitrogens with one attached hydrogen (secondary N) is 1. The number of carbonyl (C=O) groups excluding carboxylic acids is 2. The molecule has 2 aliphatic heterocycles. The van der Waals surface area contributed by atoms with Gasteiger partial charge in [0.1, 0.15) is 6.04 Å². The maximum atomic E-state index is 12.4. The number of nitrogens with zero attached hydrogens (tertiary/aromatic N) is 3. The van der Waals surface area contributed by atoms with Crippen LogP contribution in [-0.4, -0.2) is 59.3 Å². The SMILES string of the molecule is CN1CC2CNCC(=O)N2C(c2cccnc2)C1=O. The average Bonchev–Trinajstić information content (AvgIpc) is 2.42. The molecule has 0 saturated carbocycles. The molecule has 1 aromatic rings. The summed E-state index contributed by atoms with van der Waals surface area (Å²) >= 11 is 0. The molecule has 3 heterocycles. The van der Waals surface area contributed by atoms with Crippen LogP contribution in [0.25, 0.3) is 0 Å². The Bertz CT molecular complexity index is 505. The first-order valence-electron chi connectivity index (χ1n) is 6.35. The molecule has 19 heavy (non-hydrogen) atoms. The summed E-state index contributed by atoms with van der Waals surface area (Å²) in [7, 11) is 1.78. The first kappa shape index (κ1) is 12.1. The van der Waals surface area contributed by atoms with Crippen molar-refractivity contribution in [1.29, 1.82) is 0 Å². The van der Waals surface area contributed by atoms with Crippen LogP contribution in [0.5, 0.6) is 0 Å². The Morgan fingerprint density at radius 2 is 2.26 bits per heavy atom. The van der Waals surface area contributed by atoms with Gasteiger partial charge in [-0.15, -0.1) is 0 Å². The highest BCUT2D eigenvalue weighted by atomic mass is 16.2. The van der Waals surface area contributed by atoms with Crippen LogP contribution in [0, 0.1) is 0 Å². The van der Waals surface area contributed by atoms with Gasteiger partial charge >= 0.3 is 0 Å². The summed E-state index contributed by atoms with van der Waals surface area (Å²) in [5, 5.41) is 3.10. The number of fused-ring (bicyclic) bond motifs is 1. The quantitative estimate of drug-likeness (QED) is 0.732. The predicted molar refractivity (Wildman–Crippen MR) is 68.1 cm³/mol. The van der Waals surface area contributed by atoms with E-state index in [1.54, 1.807) is 35.3 Å². The number of piperazine rings is 2. The molecule has 2 saturated heterocycles. The standard InChI is InChI=1S/C13H16N4O2/c1-16-8-10-6-15-7-11(18)17(10)12(13(16)19)9-3-2-4-14-5-9/h2-5,10,12,15H,6-8H2,1H3. The van der Waals surface area contributed by atoms with E-state index in [-0.39, 0.29) is 17.9 Å². The molecule has 100 valence electrons. The molecule has 2 fully saturated rings. The summed E-state index contributed by atoms with van der Waals surface area (Å²) in [6, 6.07) is 3.14. The third kappa shape index (κ3) is 1.98. The maximum Gasteiger partial charge on any atom is 0.249 e. The van der Waals surface area contributed by atoms with E-state index in [4.69, 9.17) is 0 Å². The molecule has 0 bridgehead atoms. The minimum atomic E-state index is -0.535. The Hall–Kier alpha value is -1.95. The highest BCUT2D eigenvalue weighted by Crippen LogP contribution is 2.29. The maximum absolute atomic E-state index is 12.4. The zero-order valence-corrected chi connectivity index (χ0v) is 10.7. The minimum Gasteiger partial charge on any atom is -0.342 e. The fraction of sp³-hybridized carbons (Fsp3) is 0.462. The van der Waals surface area contributed by atoms with E-state index in [0.717, 1.165) is 12.1 Å². The minimum absolute atomic E-state index is 0.0217. The number of hydrogen-bond acceptors (Lipinski definition) is 4. The van der Waals surface area contributed by atoms with Crippen molar-refractivity contribution in [2.75, 3.05) is 26.7 Å². The average molecular weight is 260 g/mol. The smallest absolute Gasteiger partial charge is 0.249 e. The fourth-order valence-corrected chi connectivity index (χ4v) is 2.82. The van der Waals surface area contributed by atoms with E-state index in [1.165, 1.54) is 0 Å². The lowest BCUT2D eigenvalue weighted by Gasteiger charge is -2.47. The van der Waals surface area contributed by atoms with Crippen LogP contribution in [-0.2, 0) is 9.59 Å². The number of likely N-dealkylation sites (N-methyl/N-ethyl adjacent to an activating group) is 1. The zero-order chi connectivity index (χ0) is 13.4. The number of rotatable bonds is 1. The Kier molecular flexibility index (Phi) is 2.94. The molecular formula is C13H16N4O2. The van der Waals surface area contributed by atoms with E-state index in [9.17, 15) is 9.59 Å². The summed E-state index contributed by atoms with van der Waals surface area (Å²) in [4.78, 5) is 32.0. The lowest BCUT2D eigenvalue weighted by atomic mass is 9.98. The number of carbonyl (C=O) groups is 2. The Morgan fingerprint density at radius 1 is 1.42 bits per heavy atom. The summed E-state index contributed by atoms with van der Waals surface area (Å²) in [6.07, 6.45) is 3.33. The van der Waals surface area contributed by atoms with Gasteiger partial charge in [0.15, 0.2) is 0 Å². The first-order valence-corrected chi connectivity index (χ1v) is 6.35. The molecule has 1 N–H and O–H groups in total. The van der Waals surface area contributed by atoms with Crippen molar-refractivity contribution >= 4 is 11.8 Å². The molecule has 2 aliphatic rings. The van der Waals surface area contributed by atoms with E-state index in [1.807, 2.05) is 6.07 Å². The highest BCUT2D eigenvalue weighted by Gasteiger charge is 2.44. The van der Waals surface area contributed by atoms with E-state index >= 15 is 0 Å². The second-order valence-electron chi connectivity index (χ2n) is 4.99. The number of amides is 2. The number of hydrogen-bond donors (Lipinski definition) is 1. The van der Waals surface area contributed by atoms with Crippen molar-refractivity contribution in [3.63, 3.8) is 0 Å². The van der Waals surface area contributed by atoms with Gasteiger partial charge in [-0.3, -0.25) is 14.6 Å². The van der Waals surface area contributed by atoms with Crippen LogP contribution in [0.3, 0.4) is 0 Å². The topological polar surface area (TPSA) is 65.5 Å². The van der Waals surface area contributed by atoms with Crippen molar-refractivity contribution in [3.05, 3.63) is 30.1 Å². The number of pyridine rings is 1. The van der Waals surface area contributed by atoms with Gasteiger partial charge < -0.3 is 15.1 Å². The van der Waals surface area contributed by atoms with Gasteiger partial charge in [-0.05, 0) is 6.07 Å². The Labute approximate surface area is 111 Å². The van der Waals surface area contributed by atoms with Crippen molar-refractivity contribution < 1.29 is 9.59 Å². The molecule has 0 radical (unpaired) electrons. The van der Waals surface area contributed by atoms with Crippen LogP contribution in [0.1, 0.15) is 11.6 Å². The molecule has 6 nitrogen and oxygen atoms in total. The molecule has 3 rings (SSSR count). The molecule has 0 spiro atoms. The fourth-order valence-electron chi connectivity index (χ4n) is 2.82. The van der Waals surface area contributed by atoms with Crippen LogP contribution < -0.4 is 5.32 Å². The van der Waals surface area contributed by atoms with Gasteiger partial charge in [-0.2, -0.15) is 0 Å². The van der Waals surface area contributed by atoms with Crippen molar-refractivity contribution in [2.45, 2.75) is 12.1 Å². The summed E-state index contributed by atoms with van der Waals surface area (Å²) in [5.74, 6) is -0.0638. The molecule has 1 aromatic heterocycles. The predicted octanol–water partition coefficient (Wildman–Crippen LogP) is -0.605. The van der Waals surface area contributed by atoms with Crippen LogP contribution in [0.4, 0.5) is 0 Å². The van der Waals surface area contributed by atoms with E-state index in [0.29, 0.717) is 13.1 Å². The lowest BCUT2D eigenvalue weighted by molar-refractivity contribution is -0.156. The normalized spacial score (nSPS) is 27.4. The second kappa shape index (κ2) is 4.62. The molecule has 2 amide bonds. The van der Waals surface area contributed by atoms with Gasteiger partial charge in [0.25, 0.3) is 0 Å². The first-order chi connectivity index (χ1) is 9.18. The lowest BCUT2D eigenvalue weighted by Crippen LogP contribution is -2.65. The van der Waals surface area contributed by atoms with Crippen molar-refractivity contribution in [1.82, 2.24) is 20.1 Å².